The molecular weight excluding hydrogens is 346 g/mol. The Balaban J connectivity index is 1.43. The molecule has 3 heterocycles. The molecule has 2 amide bonds. The number of hydrogen-bond acceptors (Lipinski definition) is 6. The van der Waals surface area contributed by atoms with Crippen LogP contribution in [0.5, 0.6) is 0 Å². The Morgan fingerprint density at radius 1 is 1.19 bits per heavy atom. The van der Waals surface area contributed by atoms with Gasteiger partial charge >= 0.3 is 0 Å². The number of nitrogens with zero attached hydrogens (tertiary/aromatic N) is 3. The van der Waals surface area contributed by atoms with Crippen LogP contribution >= 0.6 is 0 Å². The van der Waals surface area contributed by atoms with Gasteiger partial charge in [0.15, 0.2) is 0 Å². The SMILES string of the molecule is O=C(NCCc1nc(NC2CC2)ncc1C(=O)N1CCCC1)[C@H]1CCCO1. The van der Waals surface area contributed by atoms with Crippen LogP contribution in [0, 0.1) is 0 Å². The van der Waals surface area contributed by atoms with Gasteiger partial charge in [-0.1, -0.05) is 0 Å². The maximum Gasteiger partial charge on any atom is 0.257 e. The van der Waals surface area contributed by atoms with E-state index >= 15 is 0 Å². The number of amides is 2. The van der Waals surface area contributed by atoms with Crippen LogP contribution in [0.15, 0.2) is 6.20 Å². The maximum absolute atomic E-state index is 12.8. The normalized spacial score (nSPS) is 22.1. The second-order valence-electron chi connectivity index (χ2n) is 7.51. The number of likely N-dealkylation sites (tertiary alicyclic amines) is 1. The Morgan fingerprint density at radius 2 is 2.00 bits per heavy atom. The van der Waals surface area contributed by atoms with E-state index in [0.717, 1.165) is 51.6 Å². The van der Waals surface area contributed by atoms with Crippen molar-refractivity contribution in [3.63, 3.8) is 0 Å². The van der Waals surface area contributed by atoms with Crippen molar-refractivity contribution < 1.29 is 14.3 Å². The van der Waals surface area contributed by atoms with Crippen LogP contribution in [-0.4, -0.2) is 65.1 Å². The highest BCUT2D eigenvalue weighted by molar-refractivity contribution is 5.95. The summed E-state index contributed by atoms with van der Waals surface area (Å²) in [6.45, 7) is 2.65. The number of ether oxygens (including phenoxy) is 1. The van der Waals surface area contributed by atoms with Crippen molar-refractivity contribution in [2.24, 2.45) is 0 Å². The predicted molar refractivity (Wildman–Crippen MR) is 99.5 cm³/mol. The lowest BCUT2D eigenvalue weighted by atomic mass is 10.1. The van der Waals surface area contributed by atoms with Crippen LogP contribution in [0.2, 0.25) is 0 Å². The summed E-state index contributed by atoms with van der Waals surface area (Å²) in [5, 5.41) is 6.19. The van der Waals surface area contributed by atoms with E-state index in [2.05, 4.69) is 20.6 Å². The molecule has 27 heavy (non-hydrogen) atoms. The van der Waals surface area contributed by atoms with Crippen molar-refractivity contribution in [1.29, 1.82) is 0 Å². The van der Waals surface area contributed by atoms with Crippen molar-refractivity contribution in [2.45, 2.75) is 57.1 Å². The largest absolute Gasteiger partial charge is 0.368 e. The molecule has 1 saturated carbocycles. The zero-order chi connectivity index (χ0) is 18.6. The van der Waals surface area contributed by atoms with E-state index in [9.17, 15) is 9.59 Å². The fraction of sp³-hybridized carbons (Fsp3) is 0.684. The van der Waals surface area contributed by atoms with Gasteiger partial charge in [-0.15, -0.1) is 0 Å². The van der Waals surface area contributed by atoms with Gasteiger partial charge in [0.25, 0.3) is 5.91 Å². The number of aromatic nitrogens is 2. The molecule has 0 bridgehead atoms. The quantitative estimate of drug-likeness (QED) is 0.744. The molecule has 0 radical (unpaired) electrons. The minimum absolute atomic E-state index is 0.00840. The number of nitrogens with one attached hydrogen (secondary N) is 2. The molecule has 146 valence electrons. The molecule has 1 aromatic heterocycles. The zero-order valence-corrected chi connectivity index (χ0v) is 15.6. The average molecular weight is 373 g/mol. The molecule has 3 aliphatic rings. The monoisotopic (exact) mass is 373 g/mol. The highest BCUT2D eigenvalue weighted by Crippen LogP contribution is 2.24. The van der Waals surface area contributed by atoms with Gasteiger partial charge in [-0.05, 0) is 38.5 Å². The van der Waals surface area contributed by atoms with E-state index in [4.69, 9.17) is 4.74 Å². The van der Waals surface area contributed by atoms with Gasteiger partial charge < -0.3 is 20.3 Å². The van der Waals surface area contributed by atoms with Gasteiger partial charge in [0.1, 0.15) is 6.10 Å². The van der Waals surface area contributed by atoms with Crippen LogP contribution in [0.1, 0.15) is 54.6 Å². The number of rotatable bonds is 7. The first-order valence-corrected chi connectivity index (χ1v) is 10.0. The molecule has 0 spiro atoms. The summed E-state index contributed by atoms with van der Waals surface area (Å²) in [4.78, 5) is 35.8. The lowest BCUT2D eigenvalue weighted by Gasteiger charge is -2.18. The third kappa shape index (κ3) is 4.55. The first kappa shape index (κ1) is 18.2. The summed E-state index contributed by atoms with van der Waals surface area (Å²) >= 11 is 0. The summed E-state index contributed by atoms with van der Waals surface area (Å²) in [7, 11) is 0. The van der Waals surface area contributed by atoms with Crippen molar-refractivity contribution in [1.82, 2.24) is 20.2 Å². The Labute approximate surface area is 159 Å². The van der Waals surface area contributed by atoms with E-state index in [1.807, 2.05) is 4.90 Å². The first-order valence-electron chi connectivity index (χ1n) is 10.0. The second-order valence-corrected chi connectivity index (χ2v) is 7.51. The molecule has 0 aromatic carbocycles. The lowest BCUT2D eigenvalue weighted by Crippen LogP contribution is -2.36. The summed E-state index contributed by atoms with van der Waals surface area (Å²) < 4.78 is 5.41. The van der Waals surface area contributed by atoms with Crippen molar-refractivity contribution in [3.8, 4) is 0 Å². The topological polar surface area (TPSA) is 96.4 Å². The zero-order valence-electron chi connectivity index (χ0n) is 15.6. The predicted octanol–water partition coefficient (Wildman–Crippen LogP) is 1.12. The van der Waals surface area contributed by atoms with E-state index in [1.54, 1.807) is 6.20 Å². The molecule has 1 aromatic rings. The van der Waals surface area contributed by atoms with Crippen LogP contribution < -0.4 is 10.6 Å². The van der Waals surface area contributed by atoms with Crippen molar-refractivity contribution in [3.05, 3.63) is 17.5 Å². The van der Waals surface area contributed by atoms with Gasteiger partial charge in [0, 0.05) is 44.9 Å². The van der Waals surface area contributed by atoms with Crippen LogP contribution in [-0.2, 0) is 16.0 Å². The molecule has 0 unspecified atom stereocenters. The van der Waals surface area contributed by atoms with Crippen molar-refractivity contribution >= 4 is 17.8 Å². The average Bonchev–Trinajstić information content (AvgIpc) is 3.16. The van der Waals surface area contributed by atoms with E-state index < -0.39 is 0 Å². The Bertz CT molecular complexity index is 695. The minimum Gasteiger partial charge on any atom is -0.368 e. The number of carbonyl (C=O) groups is 2. The van der Waals surface area contributed by atoms with Crippen LogP contribution in [0.4, 0.5) is 5.95 Å². The molecule has 2 saturated heterocycles. The van der Waals surface area contributed by atoms with Crippen molar-refractivity contribution in [2.75, 3.05) is 31.6 Å². The molecule has 2 N–H and O–H groups in total. The number of hydrogen-bond donors (Lipinski definition) is 2. The van der Waals surface area contributed by atoms with E-state index in [-0.39, 0.29) is 17.9 Å². The molecule has 2 aliphatic heterocycles. The van der Waals surface area contributed by atoms with E-state index in [1.165, 1.54) is 0 Å². The van der Waals surface area contributed by atoms with Gasteiger partial charge in [-0.2, -0.15) is 0 Å². The van der Waals surface area contributed by atoms with E-state index in [0.29, 0.717) is 42.8 Å². The number of carbonyl (C=O) groups excluding carboxylic acids is 2. The standard InChI is InChI=1S/C19H27N5O3/c25-17(16-4-3-11-27-16)20-8-7-15-14(18(26)24-9-1-2-10-24)12-21-19(23-15)22-13-5-6-13/h12-13,16H,1-11H2,(H,20,25)(H,21,22,23)/t16-/m1/s1. The molecule has 4 rings (SSSR count). The lowest BCUT2D eigenvalue weighted by molar-refractivity contribution is -0.129. The van der Waals surface area contributed by atoms with Gasteiger partial charge in [-0.25, -0.2) is 9.97 Å². The van der Waals surface area contributed by atoms with Gasteiger partial charge in [0.05, 0.1) is 11.3 Å². The summed E-state index contributed by atoms with van der Waals surface area (Å²) in [6.07, 6.45) is 7.83. The Morgan fingerprint density at radius 3 is 2.70 bits per heavy atom. The fourth-order valence-electron chi connectivity index (χ4n) is 3.56. The van der Waals surface area contributed by atoms with Crippen LogP contribution in [0.25, 0.3) is 0 Å². The Kier molecular flexibility index (Phi) is 5.52. The third-order valence-electron chi connectivity index (χ3n) is 5.29. The molecule has 3 fully saturated rings. The molecule has 8 nitrogen and oxygen atoms in total. The highest BCUT2D eigenvalue weighted by atomic mass is 16.5. The molecule has 8 heteroatoms. The first-order chi connectivity index (χ1) is 13.2. The fourth-order valence-corrected chi connectivity index (χ4v) is 3.56. The Hall–Kier alpha value is -2.22. The molecule has 1 aliphatic carbocycles. The third-order valence-corrected chi connectivity index (χ3v) is 5.29. The summed E-state index contributed by atoms with van der Waals surface area (Å²) in [5.74, 6) is 0.479. The van der Waals surface area contributed by atoms with Gasteiger partial charge in [0.2, 0.25) is 11.9 Å². The molecular formula is C19H27N5O3. The molecule has 1 atom stereocenters. The smallest absolute Gasteiger partial charge is 0.257 e. The minimum atomic E-state index is -0.340. The highest BCUT2D eigenvalue weighted by Gasteiger charge is 2.26. The second kappa shape index (κ2) is 8.21. The summed E-state index contributed by atoms with van der Waals surface area (Å²) in [5.41, 5.74) is 1.24. The van der Waals surface area contributed by atoms with Crippen LogP contribution in [0.3, 0.4) is 0 Å². The summed E-state index contributed by atoms with van der Waals surface area (Å²) in [6, 6.07) is 0.442. The van der Waals surface area contributed by atoms with Gasteiger partial charge in [-0.3, -0.25) is 9.59 Å². The number of anilines is 1. The maximum atomic E-state index is 12.8.